The molecule has 0 aliphatic carbocycles. The highest BCUT2D eigenvalue weighted by molar-refractivity contribution is 7.80. The van der Waals surface area contributed by atoms with Crippen molar-refractivity contribution >= 4 is 36.3 Å². The van der Waals surface area contributed by atoms with Gasteiger partial charge in [0, 0.05) is 5.75 Å². The number of carbonyl (C=O) groups is 4. The summed E-state index contributed by atoms with van der Waals surface area (Å²) < 4.78 is 0. The number of amides is 3. The fourth-order valence-corrected chi connectivity index (χ4v) is 3.14. The van der Waals surface area contributed by atoms with Crippen LogP contribution in [0.2, 0.25) is 0 Å². The van der Waals surface area contributed by atoms with Crippen LogP contribution in [0.3, 0.4) is 0 Å². The lowest BCUT2D eigenvalue weighted by molar-refractivity contribution is -0.142. The van der Waals surface area contributed by atoms with Gasteiger partial charge in [-0.25, -0.2) is 4.79 Å². The van der Waals surface area contributed by atoms with Gasteiger partial charge in [-0.05, 0) is 36.5 Å². The Labute approximate surface area is 197 Å². The number of carboxylic acid groups (broad SMARTS) is 1. The Morgan fingerprint density at radius 1 is 0.939 bits per heavy atom. The van der Waals surface area contributed by atoms with Crippen molar-refractivity contribution < 1.29 is 34.5 Å². The number of aromatic hydroxyl groups is 1. The minimum atomic E-state index is -1.38. The molecule has 0 bridgehead atoms. The molecule has 33 heavy (non-hydrogen) atoms. The SMILES string of the molecule is CC(C)CC(NC(=O)C(CS)NC(=O)C(CO)NC(=O)C(N)Cc1ccc(O)cc1)C(=O)O. The van der Waals surface area contributed by atoms with E-state index in [9.17, 15) is 34.5 Å². The smallest absolute Gasteiger partial charge is 0.326 e. The van der Waals surface area contributed by atoms with Crippen molar-refractivity contribution in [1.82, 2.24) is 16.0 Å². The average Bonchev–Trinajstić information content (AvgIpc) is 2.75. The second-order valence-electron chi connectivity index (χ2n) is 7.99. The Bertz CT molecular complexity index is 819. The number of thiol groups is 1. The molecule has 1 aromatic rings. The Morgan fingerprint density at radius 3 is 1.94 bits per heavy atom. The van der Waals surface area contributed by atoms with E-state index in [0.717, 1.165) is 0 Å². The van der Waals surface area contributed by atoms with Crippen LogP contribution in [0.1, 0.15) is 25.8 Å². The third-order valence-corrected chi connectivity index (χ3v) is 5.05. The van der Waals surface area contributed by atoms with Gasteiger partial charge in [-0.15, -0.1) is 0 Å². The van der Waals surface area contributed by atoms with Crippen molar-refractivity contribution in [3.63, 3.8) is 0 Å². The predicted molar refractivity (Wildman–Crippen MR) is 124 cm³/mol. The number of phenols is 1. The molecule has 184 valence electrons. The Kier molecular flexibility index (Phi) is 11.7. The van der Waals surface area contributed by atoms with Gasteiger partial charge in [0.1, 0.15) is 23.9 Å². The van der Waals surface area contributed by atoms with E-state index in [4.69, 9.17) is 5.73 Å². The lowest BCUT2D eigenvalue weighted by Gasteiger charge is -2.24. The van der Waals surface area contributed by atoms with Crippen LogP contribution in [0.4, 0.5) is 0 Å². The highest BCUT2D eigenvalue weighted by Crippen LogP contribution is 2.11. The molecule has 11 nitrogen and oxygen atoms in total. The molecule has 8 N–H and O–H groups in total. The number of aliphatic hydroxyl groups is 1. The molecule has 0 saturated carbocycles. The number of phenolic OH excluding ortho intramolecular Hbond substituents is 1. The molecule has 3 amide bonds. The van der Waals surface area contributed by atoms with Crippen molar-refractivity contribution in [3.8, 4) is 5.75 Å². The van der Waals surface area contributed by atoms with Gasteiger partial charge in [-0.3, -0.25) is 14.4 Å². The highest BCUT2D eigenvalue weighted by Gasteiger charge is 2.29. The highest BCUT2D eigenvalue weighted by atomic mass is 32.1. The number of hydrogen-bond acceptors (Lipinski definition) is 8. The van der Waals surface area contributed by atoms with E-state index in [1.165, 1.54) is 12.1 Å². The van der Waals surface area contributed by atoms with E-state index in [0.29, 0.717) is 5.56 Å². The quantitative estimate of drug-likeness (QED) is 0.160. The molecule has 1 rings (SSSR count). The van der Waals surface area contributed by atoms with Crippen LogP contribution in [0, 0.1) is 5.92 Å². The zero-order valence-electron chi connectivity index (χ0n) is 18.5. The Morgan fingerprint density at radius 2 is 1.45 bits per heavy atom. The summed E-state index contributed by atoms with van der Waals surface area (Å²) in [5.41, 5.74) is 6.55. The van der Waals surface area contributed by atoms with Crippen LogP contribution in [0.25, 0.3) is 0 Å². The summed E-state index contributed by atoms with van der Waals surface area (Å²) >= 11 is 4.03. The Balaban J connectivity index is 2.71. The van der Waals surface area contributed by atoms with E-state index in [1.807, 2.05) is 0 Å². The molecule has 0 aliphatic rings. The van der Waals surface area contributed by atoms with E-state index >= 15 is 0 Å². The molecule has 0 saturated heterocycles. The van der Waals surface area contributed by atoms with E-state index in [1.54, 1.807) is 26.0 Å². The maximum Gasteiger partial charge on any atom is 0.326 e. The fourth-order valence-electron chi connectivity index (χ4n) is 2.88. The molecule has 4 unspecified atom stereocenters. The molecule has 4 atom stereocenters. The summed E-state index contributed by atoms with van der Waals surface area (Å²) in [6.07, 6.45) is 0.322. The standard InChI is InChI=1S/C21H32N4O7S/c1-11(2)7-15(21(31)32)23-20(30)17(10-33)25-19(29)16(9-26)24-18(28)14(22)8-12-3-5-13(27)6-4-12/h3-6,11,14-17,26-27,33H,7-10,22H2,1-2H3,(H,23,30)(H,24,28)(H,25,29)(H,31,32). The number of hydrogen-bond donors (Lipinski definition) is 8. The topological polar surface area (TPSA) is 191 Å². The van der Waals surface area contributed by atoms with Gasteiger partial charge in [0.25, 0.3) is 0 Å². The summed E-state index contributed by atoms with van der Waals surface area (Å²) in [4.78, 5) is 48.7. The molecule has 0 spiro atoms. The molecular weight excluding hydrogens is 452 g/mol. The van der Waals surface area contributed by atoms with Crippen molar-refractivity contribution in [2.24, 2.45) is 11.7 Å². The molecule has 0 radical (unpaired) electrons. The first-order chi connectivity index (χ1) is 15.5. The molecule has 0 heterocycles. The maximum absolute atomic E-state index is 12.5. The second kappa shape index (κ2) is 13.7. The van der Waals surface area contributed by atoms with E-state index in [2.05, 4.69) is 28.6 Å². The minimum absolute atomic E-state index is 0.00945. The first kappa shape index (κ1) is 28.2. The number of rotatable bonds is 13. The van der Waals surface area contributed by atoms with Gasteiger partial charge in [-0.2, -0.15) is 12.6 Å². The third kappa shape index (κ3) is 9.68. The second-order valence-corrected chi connectivity index (χ2v) is 8.36. The van der Waals surface area contributed by atoms with Crippen LogP contribution in [0.5, 0.6) is 5.75 Å². The average molecular weight is 485 g/mol. The molecule has 0 aromatic heterocycles. The largest absolute Gasteiger partial charge is 0.508 e. The number of aliphatic hydroxyl groups excluding tert-OH is 1. The lowest BCUT2D eigenvalue weighted by atomic mass is 10.0. The zero-order chi connectivity index (χ0) is 25.1. The number of carboxylic acids is 1. The van der Waals surface area contributed by atoms with Crippen molar-refractivity contribution in [2.45, 2.75) is 50.9 Å². The zero-order valence-corrected chi connectivity index (χ0v) is 19.4. The predicted octanol–water partition coefficient (Wildman–Crippen LogP) is -1.23. The van der Waals surface area contributed by atoms with Crippen molar-refractivity contribution in [3.05, 3.63) is 29.8 Å². The van der Waals surface area contributed by atoms with Crippen LogP contribution in [0.15, 0.2) is 24.3 Å². The first-order valence-corrected chi connectivity index (χ1v) is 11.0. The number of nitrogens with two attached hydrogens (primary N) is 1. The molecule has 0 aliphatic heterocycles. The third-order valence-electron chi connectivity index (χ3n) is 4.68. The van der Waals surface area contributed by atoms with E-state index < -0.39 is 54.5 Å². The normalized spacial score (nSPS) is 14.6. The molecule has 1 aromatic carbocycles. The van der Waals surface area contributed by atoms with E-state index in [-0.39, 0.29) is 30.3 Å². The lowest BCUT2D eigenvalue weighted by Crippen LogP contribution is -2.58. The summed E-state index contributed by atoms with van der Waals surface area (Å²) in [7, 11) is 0. The molecule has 12 heteroatoms. The monoisotopic (exact) mass is 484 g/mol. The number of aliphatic carboxylic acids is 1. The van der Waals surface area contributed by atoms with Gasteiger partial charge < -0.3 is 37.0 Å². The summed E-state index contributed by atoms with van der Waals surface area (Å²) in [6, 6.07) is 1.34. The van der Waals surface area contributed by atoms with Gasteiger partial charge in [-0.1, -0.05) is 26.0 Å². The maximum atomic E-state index is 12.5. The van der Waals surface area contributed by atoms with Crippen LogP contribution in [-0.2, 0) is 25.6 Å². The summed E-state index contributed by atoms with van der Waals surface area (Å²) in [5.74, 6) is -3.58. The Hall–Kier alpha value is -2.83. The van der Waals surface area contributed by atoms with Crippen molar-refractivity contribution in [2.75, 3.05) is 12.4 Å². The van der Waals surface area contributed by atoms with Gasteiger partial charge in [0.2, 0.25) is 17.7 Å². The molecule has 0 fully saturated rings. The van der Waals surface area contributed by atoms with Crippen LogP contribution >= 0.6 is 12.6 Å². The van der Waals surface area contributed by atoms with Gasteiger partial charge >= 0.3 is 5.97 Å². The first-order valence-electron chi connectivity index (χ1n) is 10.4. The summed E-state index contributed by atoms with van der Waals surface area (Å²) in [6.45, 7) is 2.86. The minimum Gasteiger partial charge on any atom is -0.508 e. The van der Waals surface area contributed by atoms with Crippen LogP contribution in [-0.4, -0.2) is 75.5 Å². The summed E-state index contributed by atoms with van der Waals surface area (Å²) in [5, 5.41) is 35.2. The number of carbonyl (C=O) groups excluding carboxylic acids is 3. The molecular formula is C21H32N4O7S. The number of benzene rings is 1. The van der Waals surface area contributed by atoms with Gasteiger partial charge in [0.15, 0.2) is 0 Å². The van der Waals surface area contributed by atoms with Crippen LogP contribution < -0.4 is 21.7 Å². The van der Waals surface area contributed by atoms with Crippen molar-refractivity contribution in [1.29, 1.82) is 0 Å². The fraction of sp³-hybridized carbons (Fsp3) is 0.524. The van der Waals surface area contributed by atoms with Gasteiger partial charge in [0.05, 0.1) is 12.6 Å². The number of nitrogens with one attached hydrogen (secondary N) is 3.